The standard InChI is InChI=1S/C32H28BrN3O8S/c1-5-43-31(38)28-18(2)34-32-35(29(28)23-16-22(41-3)11-13-25(23)42-4)30(37)27(45-32)15-20-8-12-26(24(33)14-20)44-17-19-6-9-21(10-7-19)36(39)40/h6-16,29H,5,17H2,1-4H3/b27-15-/t29-/m1/s1. The van der Waals surface area contributed by atoms with Crippen LogP contribution in [0, 0.1) is 10.1 Å². The average molecular weight is 695 g/mol. The first-order chi connectivity index (χ1) is 21.6. The Morgan fingerprint density at radius 3 is 2.47 bits per heavy atom. The molecular formula is C32H28BrN3O8S. The Morgan fingerprint density at radius 2 is 1.82 bits per heavy atom. The molecule has 5 rings (SSSR count). The molecule has 0 saturated carbocycles. The van der Waals surface area contributed by atoms with E-state index in [-0.39, 0.29) is 30.0 Å². The molecule has 0 aliphatic carbocycles. The lowest BCUT2D eigenvalue weighted by Gasteiger charge is -2.26. The molecule has 0 fully saturated rings. The van der Waals surface area contributed by atoms with Crippen molar-refractivity contribution in [2.75, 3.05) is 20.8 Å². The smallest absolute Gasteiger partial charge is 0.338 e. The summed E-state index contributed by atoms with van der Waals surface area (Å²) in [6.07, 6.45) is 1.75. The predicted octanol–water partition coefficient (Wildman–Crippen LogP) is 5.07. The minimum absolute atomic E-state index is 0.00999. The first-order valence-electron chi connectivity index (χ1n) is 13.7. The number of benzene rings is 3. The number of aromatic nitrogens is 1. The second kappa shape index (κ2) is 13.5. The van der Waals surface area contributed by atoms with Crippen LogP contribution in [0.5, 0.6) is 17.2 Å². The molecule has 11 nitrogen and oxygen atoms in total. The molecule has 0 saturated heterocycles. The van der Waals surface area contributed by atoms with Gasteiger partial charge in [0.05, 0.1) is 46.0 Å². The maximum atomic E-state index is 14.0. The molecule has 1 atom stereocenters. The molecule has 2 heterocycles. The van der Waals surface area contributed by atoms with Crippen molar-refractivity contribution in [3.63, 3.8) is 0 Å². The van der Waals surface area contributed by atoms with Crippen molar-refractivity contribution in [3.8, 4) is 17.2 Å². The Morgan fingerprint density at radius 1 is 1.09 bits per heavy atom. The highest BCUT2D eigenvalue weighted by atomic mass is 79.9. The van der Waals surface area contributed by atoms with Crippen molar-refractivity contribution < 1.29 is 28.7 Å². The predicted molar refractivity (Wildman–Crippen MR) is 172 cm³/mol. The van der Waals surface area contributed by atoms with Gasteiger partial charge in [0.25, 0.3) is 11.2 Å². The van der Waals surface area contributed by atoms with Gasteiger partial charge in [0.2, 0.25) is 0 Å². The van der Waals surface area contributed by atoms with Crippen LogP contribution in [-0.2, 0) is 16.1 Å². The van der Waals surface area contributed by atoms with Crippen LogP contribution in [0.2, 0.25) is 0 Å². The fourth-order valence-corrected chi connectivity index (χ4v) is 6.45. The van der Waals surface area contributed by atoms with E-state index in [0.717, 1.165) is 11.1 Å². The summed E-state index contributed by atoms with van der Waals surface area (Å²) in [5.74, 6) is 0.995. The molecule has 45 heavy (non-hydrogen) atoms. The van der Waals surface area contributed by atoms with Crippen molar-refractivity contribution in [1.29, 1.82) is 0 Å². The van der Waals surface area contributed by atoms with E-state index in [9.17, 15) is 19.7 Å². The van der Waals surface area contributed by atoms with Gasteiger partial charge in [-0.05, 0) is 89.4 Å². The molecule has 232 valence electrons. The number of esters is 1. The van der Waals surface area contributed by atoms with E-state index >= 15 is 0 Å². The number of carbonyl (C=O) groups is 1. The lowest BCUT2D eigenvalue weighted by molar-refractivity contribution is -0.384. The molecule has 4 aromatic rings. The number of non-ortho nitro benzene ring substituents is 1. The zero-order valence-electron chi connectivity index (χ0n) is 24.7. The SMILES string of the molecule is CCOC(=O)C1=C(C)N=c2s/c(=C\c3ccc(OCc4ccc([N+](=O)[O-])cc4)c(Br)c3)c(=O)n2[C@@H]1c1cc(OC)ccc1OC. The van der Waals surface area contributed by atoms with E-state index < -0.39 is 16.9 Å². The number of rotatable bonds is 10. The van der Waals surface area contributed by atoms with Gasteiger partial charge in [-0.25, -0.2) is 9.79 Å². The van der Waals surface area contributed by atoms with E-state index in [0.29, 0.717) is 42.3 Å². The van der Waals surface area contributed by atoms with Crippen molar-refractivity contribution >= 4 is 45.0 Å². The summed E-state index contributed by atoms with van der Waals surface area (Å²) in [7, 11) is 3.06. The number of ether oxygens (including phenoxy) is 4. The number of hydrogen-bond donors (Lipinski definition) is 0. The number of thiazole rings is 1. The number of nitrogens with zero attached hydrogens (tertiary/aromatic N) is 3. The fourth-order valence-electron chi connectivity index (χ4n) is 4.89. The molecule has 1 aliphatic rings. The molecule has 0 radical (unpaired) electrons. The van der Waals surface area contributed by atoms with Crippen molar-refractivity contribution in [2.24, 2.45) is 4.99 Å². The van der Waals surface area contributed by atoms with Crippen LogP contribution in [0.3, 0.4) is 0 Å². The molecular weight excluding hydrogens is 666 g/mol. The van der Waals surface area contributed by atoms with Gasteiger partial charge >= 0.3 is 5.97 Å². The molecule has 3 aromatic carbocycles. The van der Waals surface area contributed by atoms with Crippen molar-refractivity contribution in [3.05, 3.63) is 123 Å². The number of allylic oxidation sites excluding steroid dienone is 1. The molecule has 0 amide bonds. The average Bonchev–Trinajstić information content (AvgIpc) is 3.33. The Kier molecular flexibility index (Phi) is 9.49. The van der Waals surface area contributed by atoms with E-state index in [2.05, 4.69) is 20.9 Å². The number of carbonyl (C=O) groups excluding carboxylic acids is 1. The Labute approximate surface area is 269 Å². The lowest BCUT2D eigenvalue weighted by Crippen LogP contribution is -2.40. The summed E-state index contributed by atoms with van der Waals surface area (Å²) in [6.45, 7) is 3.80. The van der Waals surface area contributed by atoms with Gasteiger partial charge in [-0.2, -0.15) is 0 Å². The topological polar surface area (TPSA) is 131 Å². The third-order valence-corrected chi connectivity index (χ3v) is 8.65. The first kappa shape index (κ1) is 31.7. The highest BCUT2D eigenvalue weighted by Crippen LogP contribution is 2.38. The van der Waals surface area contributed by atoms with E-state index in [1.54, 1.807) is 56.3 Å². The van der Waals surface area contributed by atoms with Crippen LogP contribution < -0.4 is 29.1 Å². The van der Waals surface area contributed by atoms with Gasteiger partial charge in [-0.3, -0.25) is 19.5 Å². The molecule has 13 heteroatoms. The molecule has 0 bridgehead atoms. The van der Waals surface area contributed by atoms with Crippen LogP contribution in [0.1, 0.15) is 36.6 Å². The molecule has 0 unspecified atom stereocenters. The maximum Gasteiger partial charge on any atom is 0.338 e. The Bertz CT molecular complexity index is 2000. The van der Waals surface area contributed by atoms with Crippen LogP contribution in [0.4, 0.5) is 5.69 Å². The van der Waals surface area contributed by atoms with Crippen LogP contribution >= 0.6 is 27.3 Å². The summed E-state index contributed by atoms with van der Waals surface area (Å²) in [6, 6.07) is 15.9. The van der Waals surface area contributed by atoms with Crippen molar-refractivity contribution in [2.45, 2.75) is 26.5 Å². The highest BCUT2D eigenvalue weighted by Gasteiger charge is 2.35. The number of nitro benzene ring substituents is 1. The van der Waals surface area contributed by atoms with E-state index in [4.69, 9.17) is 18.9 Å². The van der Waals surface area contributed by atoms with E-state index in [1.807, 2.05) is 12.1 Å². The van der Waals surface area contributed by atoms with Crippen LogP contribution in [0.25, 0.3) is 6.08 Å². The van der Waals surface area contributed by atoms with Gasteiger partial charge in [0.15, 0.2) is 4.80 Å². The zero-order valence-corrected chi connectivity index (χ0v) is 27.1. The van der Waals surface area contributed by atoms with Crippen LogP contribution in [-0.4, -0.2) is 36.3 Å². The summed E-state index contributed by atoms with van der Waals surface area (Å²) < 4.78 is 24.9. The van der Waals surface area contributed by atoms with Crippen LogP contribution in [0.15, 0.2) is 86.2 Å². The Hall–Kier alpha value is -4.75. The minimum atomic E-state index is -0.866. The van der Waals surface area contributed by atoms with Gasteiger partial charge in [0, 0.05) is 17.7 Å². The van der Waals surface area contributed by atoms with Gasteiger partial charge in [-0.1, -0.05) is 17.4 Å². The van der Waals surface area contributed by atoms with Gasteiger partial charge in [-0.15, -0.1) is 0 Å². The molecule has 1 aliphatic heterocycles. The number of fused-ring (bicyclic) bond motifs is 1. The Balaban J connectivity index is 1.53. The number of hydrogen-bond acceptors (Lipinski definition) is 10. The van der Waals surface area contributed by atoms with Gasteiger partial charge in [0.1, 0.15) is 29.9 Å². The normalized spacial score (nSPS) is 14.4. The zero-order chi connectivity index (χ0) is 32.2. The van der Waals surface area contributed by atoms with Crippen molar-refractivity contribution in [1.82, 2.24) is 4.57 Å². The largest absolute Gasteiger partial charge is 0.497 e. The monoisotopic (exact) mass is 693 g/mol. The van der Waals surface area contributed by atoms with E-state index in [1.165, 1.54) is 42.3 Å². The molecule has 1 aromatic heterocycles. The molecule has 0 N–H and O–H groups in total. The summed E-state index contributed by atoms with van der Waals surface area (Å²) in [5.41, 5.74) is 2.41. The summed E-state index contributed by atoms with van der Waals surface area (Å²) >= 11 is 4.75. The minimum Gasteiger partial charge on any atom is -0.497 e. The summed E-state index contributed by atoms with van der Waals surface area (Å²) in [5, 5.41) is 10.9. The quantitative estimate of drug-likeness (QED) is 0.128. The number of halogens is 1. The molecule has 0 spiro atoms. The third-order valence-electron chi connectivity index (χ3n) is 7.04. The number of methoxy groups -OCH3 is 2. The number of nitro groups is 1. The summed E-state index contributed by atoms with van der Waals surface area (Å²) in [4.78, 5) is 42.8. The first-order valence-corrected chi connectivity index (χ1v) is 15.3. The second-order valence-corrected chi connectivity index (χ2v) is 11.7. The fraction of sp³-hybridized carbons (Fsp3) is 0.219. The lowest BCUT2D eigenvalue weighted by atomic mass is 9.94. The maximum absolute atomic E-state index is 14.0. The second-order valence-electron chi connectivity index (χ2n) is 9.81. The van der Waals surface area contributed by atoms with Gasteiger partial charge < -0.3 is 18.9 Å². The highest BCUT2D eigenvalue weighted by molar-refractivity contribution is 9.10. The third kappa shape index (κ3) is 6.54.